The number of hydrogen-bond donors (Lipinski definition) is 1. The number of carboxylic acid groups (broad SMARTS) is 1. The molecule has 0 saturated carbocycles. The van der Waals surface area contributed by atoms with Crippen LogP contribution in [0.3, 0.4) is 0 Å². The maximum absolute atomic E-state index is 12.4. The number of rotatable bonds is 2. The molecule has 19 heavy (non-hydrogen) atoms. The van der Waals surface area contributed by atoms with E-state index in [4.69, 9.17) is 5.11 Å². The number of nitrogens with zero attached hydrogens (tertiary/aromatic N) is 2. The molecule has 6 heteroatoms. The number of amides is 1. The Morgan fingerprint density at radius 1 is 1.47 bits per heavy atom. The van der Waals surface area contributed by atoms with Crippen molar-refractivity contribution in [1.29, 1.82) is 0 Å². The molecule has 104 valence electrons. The zero-order chi connectivity index (χ0) is 14.2. The number of aliphatic carboxylic acids is 1. The number of hydrogen-bond acceptors (Lipinski definition) is 4. The molecule has 1 fully saturated rings. The van der Waals surface area contributed by atoms with Crippen molar-refractivity contribution >= 4 is 23.2 Å². The standard InChI is InChI=1S/C13H18N2O3S/c1-13(2,3)10-9(19-7-14-10)11(16)15-5-4-8(6-15)12(17)18/h7-8H,4-6H2,1-3H3,(H,17,18)/t8-/m0/s1. The molecule has 0 bridgehead atoms. The first-order valence-electron chi connectivity index (χ1n) is 6.26. The lowest BCUT2D eigenvalue weighted by molar-refractivity contribution is -0.141. The Hall–Kier alpha value is -1.43. The van der Waals surface area contributed by atoms with E-state index in [-0.39, 0.29) is 11.3 Å². The molecule has 0 aliphatic carbocycles. The van der Waals surface area contributed by atoms with Crippen LogP contribution in [0.25, 0.3) is 0 Å². The van der Waals surface area contributed by atoms with E-state index in [1.807, 2.05) is 20.8 Å². The summed E-state index contributed by atoms with van der Waals surface area (Å²) in [5.74, 6) is -1.35. The highest BCUT2D eigenvalue weighted by Crippen LogP contribution is 2.29. The van der Waals surface area contributed by atoms with Gasteiger partial charge >= 0.3 is 5.97 Å². The first-order valence-corrected chi connectivity index (χ1v) is 7.14. The Balaban J connectivity index is 2.18. The summed E-state index contributed by atoms with van der Waals surface area (Å²) in [6.45, 7) is 6.86. The molecule has 0 unspecified atom stereocenters. The maximum Gasteiger partial charge on any atom is 0.308 e. The Labute approximate surface area is 116 Å². The van der Waals surface area contributed by atoms with Crippen LogP contribution in [0.2, 0.25) is 0 Å². The predicted octanol–water partition coefficient (Wildman–Crippen LogP) is 1.99. The van der Waals surface area contributed by atoms with E-state index < -0.39 is 11.9 Å². The molecular formula is C13H18N2O3S. The van der Waals surface area contributed by atoms with Crippen molar-refractivity contribution < 1.29 is 14.7 Å². The van der Waals surface area contributed by atoms with Crippen LogP contribution in [0.5, 0.6) is 0 Å². The van der Waals surface area contributed by atoms with Crippen LogP contribution in [0.15, 0.2) is 5.51 Å². The summed E-state index contributed by atoms with van der Waals surface area (Å²) in [6.07, 6.45) is 0.532. The second-order valence-corrected chi connectivity index (χ2v) is 6.71. The van der Waals surface area contributed by atoms with E-state index in [1.165, 1.54) is 11.3 Å². The first-order chi connectivity index (χ1) is 8.80. The Bertz CT molecular complexity index is 504. The van der Waals surface area contributed by atoms with Crippen LogP contribution in [0.4, 0.5) is 0 Å². The van der Waals surface area contributed by atoms with Crippen molar-refractivity contribution in [3.05, 3.63) is 16.1 Å². The van der Waals surface area contributed by atoms with Crippen molar-refractivity contribution in [1.82, 2.24) is 9.88 Å². The summed E-state index contributed by atoms with van der Waals surface area (Å²) >= 11 is 1.33. The van der Waals surface area contributed by atoms with Gasteiger partial charge in [-0.25, -0.2) is 4.98 Å². The van der Waals surface area contributed by atoms with Crippen molar-refractivity contribution in [2.24, 2.45) is 5.92 Å². The predicted molar refractivity (Wildman–Crippen MR) is 72.5 cm³/mol. The van der Waals surface area contributed by atoms with Gasteiger partial charge in [-0.2, -0.15) is 0 Å². The summed E-state index contributed by atoms with van der Waals surface area (Å²) in [6, 6.07) is 0. The quantitative estimate of drug-likeness (QED) is 0.900. The van der Waals surface area contributed by atoms with E-state index in [0.717, 1.165) is 5.69 Å². The van der Waals surface area contributed by atoms with Gasteiger partial charge in [0.15, 0.2) is 0 Å². The number of likely N-dealkylation sites (tertiary alicyclic amines) is 1. The lowest BCUT2D eigenvalue weighted by Crippen LogP contribution is -2.31. The van der Waals surface area contributed by atoms with Crippen molar-refractivity contribution in [3.63, 3.8) is 0 Å². The molecule has 1 aromatic rings. The largest absolute Gasteiger partial charge is 0.481 e. The van der Waals surface area contributed by atoms with Gasteiger partial charge in [0.05, 0.1) is 17.1 Å². The summed E-state index contributed by atoms with van der Waals surface area (Å²) in [4.78, 5) is 29.9. The van der Waals surface area contributed by atoms with Crippen LogP contribution in [-0.4, -0.2) is 40.0 Å². The molecule has 5 nitrogen and oxygen atoms in total. The molecular weight excluding hydrogens is 264 g/mol. The van der Waals surface area contributed by atoms with Crippen molar-refractivity contribution in [2.45, 2.75) is 32.6 Å². The second kappa shape index (κ2) is 4.92. The van der Waals surface area contributed by atoms with Crippen LogP contribution >= 0.6 is 11.3 Å². The van der Waals surface area contributed by atoms with Crippen LogP contribution in [0.1, 0.15) is 42.6 Å². The third kappa shape index (κ3) is 2.78. The van der Waals surface area contributed by atoms with Crippen molar-refractivity contribution in [3.8, 4) is 0 Å². The molecule has 1 saturated heterocycles. The fourth-order valence-electron chi connectivity index (χ4n) is 2.22. The average molecular weight is 282 g/mol. The number of carbonyl (C=O) groups excluding carboxylic acids is 1. The molecule has 0 spiro atoms. The smallest absolute Gasteiger partial charge is 0.308 e. The summed E-state index contributed by atoms with van der Waals surface area (Å²) < 4.78 is 0. The minimum atomic E-state index is -0.823. The topological polar surface area (TPSA) is 70.5 Å². The highest BCUT2D eigenvalue weighted by atomic mass is 32.1. The maximum atomic E-state index is 12.4. The summed E-state index contributed by atoms with van der Waals surface area (Å²) in [5, 5.41) is 8.98. The highest BCUT2D eigenvalue weighted by Gasteiger charge is 2.34. The lowest BCUT2D eigenvalue weighted by Gasteiger charge is -2.20. The normalized spacial score (nSPS) is 19.7. The molecule has 1 aliphatic heterocycles. The number of aromatic nitrogens is 1. The zero-order valence-corrected chi connectivity index (χ0v) is 12.2. The Morgan fingerprint density at radius 3 is 2.68 bits per heavy atom. The Kier molecular flexibility index (Phi) is 3.62. The first kappa shape index (κ1) is 14.0. The molecule has 2 heterocycles. The average Bonchev–Trinajstić information content (AvgIpc) is 2.96. The molecule has 1 atom stereocenters. The van der Waals surface area contributed by atoms with Gasteiger partial charge in [0.25, 0.3) is 5.91 Å². The number of carbonyl (C=O) groups is 2. The van der Waals surface area contributed by atoms with Crippen molar-refractivity contribution in [2.75, 3.05) is 13.1 Å². The monoisotopic (exact) mass is 282 g/mol. The van der Waals surface area contributed by atoms with E-state index >= 15 is 0 Å². The van der Waals surface area contributed by atoms with E-state index in [2.05, 4.69) is 4.98 Å². The van der Waals surface area contributed by atoms with Gasteiger partial charge < -0.3 is 10.0 Å². The molecule has 1 aliphatic rings. The number of thiazole rings is 1. The van der Waals surface area contributed by atoms with Gasteiger partial charge in [0.1, 0.15) is 4.88 Å². The molecule has 0 aromatic carbocycles. The third-order valence-electron chi connectivity index (χ3n) is 3.30. The minimum absolute atomic E-state index is 0.0869. The van der Waals surface area contributed by atoms with Gasteiger partial charge in [0.2, 0.25) is 0 Å². The van der Waals surface area contributed by atoms with Gasteiger partial charge in [-0.3, -0.25) is 9.59 Å². The highest BCUT2D eigenvalue weighted by molar-refractivity contribution is 7.11. The number of carboxylic acids is 1. The van der Waals surface area contributed by atoms with Crippen LogP contribution < -0.4 is 0 Å². The fraction of sp³-hybridized carbons (Fsp3) is 0.615. The molecule has 1 N–H and O–H groups in total. The fourth-order valence-corrected chi connectivity index (χ4v) is 3.19. The van der Waals surface area contributed by atoms with E-state index in [0.29, 0.717) is 24.4 Å². The third-order valence-corrected chi connectivity index (χ3v) is 4.11. The molecule has 1 amide bonds. The minimum Gasteiger partial charge on any atom is -0.481 e. The molecule has 1 aromatic heterocycles. The van der Waals surface area contributed by atoms with Crippen LogP contribution in [0, 0.1) is 5.92 Å². The van der Waals surface area contributed by atoms with Gasteiger partial charge in [-0.15, -0.1) is 11.3 Å². The summed E-state index contributed by atoms with van der Waals surface area (Å²) in [7, 11) is 0. The van der Waals surface area contributed by atoms with Crippen LogP contribution in [-0.2, 0) is 10.2 Å². The van der Waals surface area contributed by atoms with E-state index in [1.54, 1.807) is 10.4 Å². The van der Waals surface area contributed by atoms with E-state index in [9.17, 15) is 9.59 Å². The molecule has 0 radical (unpaired) electrons. The zero-order valence-electron chi connectivity index (χ0n) is 11.3. The van der Waals surface area contributed by atoms with Gasteiger partial charge in [0, 0.05) is 18.5 Å². The van der Waals surface area contributed by atoms with Gasteiger partial charge in [-0.05, 0) is 6.42 Å². The SMILES string of the molecule is CC(C)(C)c1ncsc1C(=O)N1CC[C@H](C(=O)O)C1. The second-order valence-electron chi connectivity index (χ2n) is 5.86. The Morgan fingerprint density at radius 2 is 2.16 bits per heavy atom. The summed E-state index contributed by atoms with van der Waals surface area (Å²) in [5.41, 5.74) is 2.29. The van der Waals surface area contributed by atoms with Gasteiger partial charge in [-0.1, -0.05) is 20.8 Å². The lowest BCUT2D eigenvalue weighted by atomic mass is 9.91. The molecule has 2 rings (SSSR count).